The summed E-state index contributed by atoms with van der Waals surface area (Å²) in [5.41, 5.74) is 0.795. The van der Waals surface area contributed by atoms with Crippen molar-refractivity contribution in [3.05, 3.63) is 35.9 Å². The van der Waals surface area contributed by atoms with Crippen molar-refractivity contribution in [1.82, 2.24) is 4.90 Å². The summed E-state index contributed by atoms with van der Waals surface area (Å²) >= 11 is 1.81. The van der Waals surface area contributed by atoms with Gasteiger partial charge in [0.15, 0.2) is 5.78 Å². The number of benzene rings is 1. The van der Waals surface area contributed by atoms with Crippen LogP contribution >= 0.6 is 11.8 Å². The highest BCUT2D eigenvalue weighted by Gasteiger charge is 2.22. The molecule has 17 heavy (non-hydrogen) atoms. The normalized spacial score (nSPS) is 14.6. The van der Waals surface area contributed by atoms with Crippen molar-refractivity contribution in [2.24, 2.45) is 0 Å². The molecule has 0 aliphatic heterocycles. The van der Waals surface area contributed by atoms with Gasteiger partial charge in [-0.05, 0) is 27.2 Å². The van der Waals surface area contributed by atoms with Crippen molar-refractivity contribution < 1.29 is 4.79 Å². The number of thioether (sulfide) groups is 1. The van der Waals surface area contributed by atoms with E-state index in [-0.39, 0.29) is 11.8 Å². The highest BCUT2D eigenvalue weighted by Crippen LogP contribution is 2.12. The molecule has 2 nitrogen and oxygen atoms in total. The quantitative estimate of drug-likeness (QED) is 0.725. The molecule has 0 N–H and O–H groups in total. The first-order valence-electron chi connectivity index (χ1n) is 5.88. The van der Waals surface area contributed by atoms with Crippen LogP contribution in [0.5, 0.6) is 0 Å². The summed E-state index contributed by atoms with van der Waals surface area (Å²) in [6.45, 7) is 4.14. The van der Waals surface area contributed by atoms with Crippen LogP contribution in [0.2, 0.25) is 0 Å². The number of likely N-dealkylation sites (N-methyl/N-ethyl adjacent to an activating group) is 1. The molecule has 0 radical (unpaired) electrons. The predicted octanol–water partition coefficient (Wildman–Crippen LogP) is 2.94. The maximum absolute atomic E-state index is 12.2. The fourth-order valence-electron chi connectivity index (χ4n) is 1.77. The summed E-state index contributed by atoms with van der Waals surface area (Å²) in [7, 11) is 2.02. The number of carbonyl (C=O) groups excluding carboxylic acids is 1. The predicted molar refractivity (Wildman–Crippen MR) is 75.8 cm³/mol. The Kier molecular flexibility index (Phi) is 5.72. The zero-order chi connectivity index (χ0) is 12.8. The first kappa shape index (κ1) is 14.3. The summed E-state index contributed by atoms with van der Waals surface area (Å²) in [6, 6.07) is 9.85. The molecule has 2 atom stereocenters. The number of nitrogens with zero attached hydrogens (tertiary/aromatic N) is 1. The third kappa shape index (κ3) is 3.86. The molecular formula is C14H21NOS. The Morgan fingerprint density at radius 1 is 1.29 bits per heavy atom. The first-order chi connectivity index (χ1) is 8.07. The summed E-state index contributed by atoms with van der Waals surface area (Å²) in [5, 5.41) is 0. The third-order valence-electron chi connectivity index (χ3n) is 3.15. The van der Waals surface area contributed by atoms with Crippen LogP contribution in [0.4, 0.5) is 0 Å². The van der Waals surface area contributed by atoms with Gasteiger partial charge in [0.05, 0.1) is 6.04 Å². The van der Waals surface area contributed by atoms with E-state index in [2.05, 4.69) is 18.1 Å². The van der Waals surface area contributed by atoms with Gasteiger partial charge in [-0.3, -0.25) is 9.69 Å². The zero-order valence-corrected chi connectivity index (χ0v) is 11.8. The van der Waals surface area contributed by atoms with E-state index < -0.39 is 0 Å². The fourth-order valence-corrected chi connectivity index (χ4v) is 2.49. The highest BCUT2D eigenvalue weighted by atomic mass is 32.2. The number of hydrogen-bond acceptors (Lipinski definition) is 3. The minimum atomic E-state index is -0.0699. The Bertz CT molecular complexity index is 352. The third-order valence-corrected chi connectivity index (χ3v) is 3.97. The number of carbonyl (C=O) groups is 1. The summed E-state index contributed by atoms with van der Waals surface area (Å²) < 4.78 is 0. The van der Waals surface area contributed by atoms with Crippen molar-refractivity contribution in [2.45, 2.75) is 25.9 Å². The lowest BCUT2D eigenvalue weighted by Gasteiger charge is -2.29. The fraction of sp³-hybridized carbons (Fsp3) is 0.500. The number of Topliss-reactive ketones (excluding diaryl/α,β-unsaturated/α-hetero) is 1. The molecule has 2 unspecified atom stereocenters. The molecule has 94 valence electrons. The van der Waals surface area contributed by atoms with E-state index in [1.165, 1.54) is 0 Å². The van der Waals surface area contributed by atoms with Gasteiger partial charge in [-0.15, -0.1) is 0 Å². The molecule has 0 aromatic heterocycles. The smallest absolute Gasteiger partial charge is 0.179 e. The average molecular weight is 251 g/mol. The maximum Gasteiger partial charge on any atom is 0.179 e. The van der Waals surface area contributed by atoms with Gasteiger partial charge in [0.2, 0.25) is 0 Å². The van der Waals surface area contributed by atoms with Crippen LogP contribution in [0.1, 0.15) is 24.2 Å². The summed E-state index contributed by atoms with van der Waals surface area (Å²) in [5.74, 6) is 1.24. The molecule has 0 aliphatic rings. The Morgan fingerprint density at radius 2 is 1.88 bits per heavy atom. The largest absolute Gasteiger partial charge is 0.293 e. The van der Waals surface area contributed by atoms with E-state index >= 15 is 0 Å². The van der Waals surface area contributed by atoms with Gasteiger partial charge in [0.25, 0.3) is 0 Å². The molecule has 0 amide bonds. The molecule has 1 aromatic rings. The van der Waals surface area contributed by atoms with Gasteiger partial charge in [0.1, 0.15) is 0 Å². The van der Waals surface area contributed by atoms with Gasteiger partial charge in [-0.25, -0.2) is 0 Å². The van der Waals surface area contributed by atoms with E-state index in [0.717, 1.165) is 11.3 Å². The summed E-state index contributed by atoms with van der Waals surface area (Å²) in [4.78, 5) is 14.4. The van der Waals surface area contributed by atoms with Gasteiger partial charge in [0, 0.05) is 17.4 Å². The van der Waals surface area contributed by atoms with Crippen LogP contribution in [-0.2, 0) is 0 Å². The minimum Gasteiger partial charge on any atom is -0.293 e. The molecule has 0 aliphatic carbocycles. The van der Waals surface area contributed by atoms with Crippen LogP contribution in [-0.4, -0.2) is 41.8 Å². The van der Waals surface area contributed by atoms with Gasteiger partial charge >= 0.3 is 0 Å². The Morgan fingerprint density at radius 3 is 2.41 bits per heavy atom. The Labute approximate surface area is 108 Å². The Balaban J connectivity index is 2.70. The second kappa shape index (κ2) is 6.82. The van der Waals surface area contributed by atoms with Crippen molar-refractivity contribution in [2.75, 3.05) is 19.1 Å². The molecule has 0 spiro atoms. The molecule has 0 saturated carbocycles. The SMILES string of the molecule is CSCC(C)N(C)C(C)C(=O)c1ccccc1. The molecule has 1 aromatic carbocycles. The van der Waals surface area contributed by atoms with Crippen LogP contribution in [0.3, 0.4) is 0 Å². The number of hydrogen-bond donors (Lipinski definition) is 0. The van der Waals surface area contributed by atoms with Crippen LogP contribution in [0, 0.1) is 0 Å². The van der Waals surface area contributed by atoms with Crippen LogP contribution in [0.15, 0.2) is 30.3 Å². The highest BCUT2D eigenvalue weighted by molar-refractivity contribution is 7.98. The van der Waals surface area contributed by atoms with Crippen molar-refractivity contribution in [3.8, 4) is 0 Å². The second-order valence-electron chi connectivity index (χ2n) is 4.38. The molecule has 0 heterocycles. The lowest BCUT2D eigenvalue weighted by molar-refractivity contribution is 0.0838. The van der Waals surface area contributed by atoms with Crippen LogP contribution in [0.25, 0.3) is 0 Å². The first-order valence-corrected chi connectivity index (χ1v) is 7.27. The summed E-state index contributed by atoms with van der Waals surface area (Å²) in [6.07, 6.45) is 2.09. The molecule has 3 heteroatoms. The maximum atomic E-state index is 12.2. The van der Waals surface area contributed by atoms with Gasteiger partial charge in [-0.1, -0.05) is 30.3 Å². The van der Waals surface area contributed by atoms with E-state index in [1.54, 1.807) is 0 Å². The topological polar surface area (TPSA) is 20.3 Å². The van der Waals surface area contributed by atoms with E-state index in [0.29, 0.717) is 6.04 Å². The van der Waals surface area contributed by atoms with Gasteiger partial charge in [-0.2, -0.15) is 11.8 Å². The zero-order valence-electron chi connectivity index (χ0n) is 11.0. The van der Waals surface area contributed by atoms with Crippen molar-refractivity contribution >= 4 is 17.5 Å². The number of ketones is 1. The molecule has 0 saturated heterocycles. The average Bonchev–Trinajstić information content (AvgIpc) is 2.37. The monoisotopic (exact) mass is 251 g/mol. The van der Waals surface area contributed by atoms with Crippen molar-refractivity contribution in [3.63, 3.8) is 0 Å². The molecule has 0 fully saturated rings. The van der Waals surface area contributed by atoms with E-state index in [9.17, 15) is 4.79 Å². The standard InChI is InChI=1S/C14H21NOS/c1-11(10-17-4)15(3)12(2)14(16)13-8-6-5-7-9-13/h5-9,11-12H,10H2,1-4H3. The number of rotatable bonds is 6. The van der Waals surface area contributed by atoms with E-state index in [4.69, 9.17) is 0 Å². The minimum absolute atomic E-state index is 0.0699. The molecule has 1 rings (SSSR count). The second-order valence-corrected chi connectivity index (χ2v) is 5.29. The van der Waals surface area contributed by atoms with Crippen molar-refractivity contribution in [1.29, 1.82) is 0 Å². The van der Waals surface area contributed by atoms with E-state index in [1.807, 2.05) is 56.1 Å². The molecule has 0 bridgehead atoms. The van der Waals surface area contributed by atoms with Crippen LogP contribution < -0.4 is 0 Å². The Hall–Kier alpha value is -0.800. The lowest BCUT2D eigenvalue weighted by atomic mass is 10.0. The van der Waals surface area contributed by atoms with Gasteiger partial charge < -0.3 is 0 Å². The lowest BCUT2D eigenvalue weighted by Crippen LogP contribution is -2.42. The molecular weight excluding hydrogens is 230 g/mol.